The van der Waals surface area contributed by atoms with Crippen molar-refractivity contribution in [2.75, 3.05) is 0 Å². The van der Waals surface area contributed by atoms with Gasteiger partial charge in [0.2, 0.25) is 0 Å². The molecule has 0 aliphatic rings. The highest BCUT2D eigenvalue weighted by atomic mass is 29.1. The molecule has 7 heavy (non-hydrogen) atoms. The van der Waals surface area contributed by atoms with Gasteiger partial charge in [0.05, 0.1) is 28.6 Å². The third-order valence-corrected chi connectivity index (χ3v) is 20.1. The van der Waals surface area contributed by atoms with Crippen molar-refractivity contribution in [2.24, 2.45) is 0 Å². The van der Waals surface area contributed by atoms with Crippen LogP contribution in [0.15, 0.2) is 0 Å². The first-order valence-corrected chi connectivity index (χ1v) is 13.5. The maximum Gasteiger partial charge on any atom is 0.0768 e. The highest BCUT2D eigenvalue weighted by Crippen LogP contribution is 1.71. The van der Waals surface area contributed by atoms with Crippen molar-refractivity contribution in [3.63, 3.8) is 0 Å². The van der Waals surface area contributed by atoms with Gasteiger partial charge in [0.1, 0.15) is 0 Å². The van der Waals surface area contributed by atoms with Crippen LogP contribution in [0.5, 0.6) is 0 Å². The molecule has 0 saturated carbocycles. The molecule has 0 atom stereocenters. The third-order valence-electron chi connectivity index (χ3n) is 1.34. The Morgan fingerprint density at radius 3 is 1.71 bits per heavy atom. The van der Waals surface area contributed by atoms with E-state index in [9.17, 15) is 0 Å². The van der Waals surface area contributed by atoms with Gasteiger partial charge in [-0.05, 0) is 0 Å². The molecule has 0 heterocycles. The van der Waals surface area contributed by atoms with Crippen molar-refractivity contribution >= 4 is 38.3 Å². The van der Waals surface area contributed by atoms with E-state index < -0.39 is 0 Å². The van der Waals surface area contributed by atoms with E-state index >= 15 is 0 Å². The van der Waals surface area contributed by atoms with E-state index in [1.807, 2.05) is 0 Å². The number of nitrogens with zero attached hydrogens (tertiary/aromatic N) is 1. The Balaban J connectivity index is 2.99. The average Bonchev–Trinajstić information content (AvgIpc) is 1.72. The van der Waals surface area contributed by atoms with Crippen LogP contribution >= 0.6 is 0 Å². The molecule has 0 aromatic heterocycles. The summed E-state index contributed by atoms with van der Waals surface area (Å²) >= 11 is 0. The number of hydrogen-bond acceptors (Lipinski definition) is 1. The predicted octanol–water partition coefficient (Wildman–Crippen LogP) is -3.08. The lowest BCUT2D eigenvalue weighted by molar-refractivity contribution is 1.11. The Hall–Kier alpha value is 0.828. The second-order valence-electron chi connectivity index (χ2n) is 1.62. The molecule has 0 rings (SSSR count). The Labute approximate surface area is 55.8 Å². The Bertz CT molecular complexity index is 31.2. The minimum Gasteiger partial charge on any atom is -0.386 e. The van der Waals surface area contributed by atoms with Crippen molar-refractivity contribution in [2.45, 2.75) is 13.1 Å². The van der Waals surface area contributed by atoms with E-state index in [0.29, 0.717) is 28.6 Å². The zero-order valence-electron chi connectivity index (χ0n) is 5.57. The van der Waals surface area contributed by atoms with Crippen LogP contribution in [0.3, 0.4) is 0 Å². The van der Waals surface area contributed by atoms with Gasteiger partial charge in [0, 0.05) is 9.76 Å². The van der Waals surface area contributed by atoms with Crippen LogP contribution in [0.4, 0.5) is 0 Å². The van der Waals surface area contributed by atoms with Crippen LogP contribution in [0.1, 0.15) is 0 Å². The summed E-state index contributed by atoms with van der Waals surface area (Å²) in [6, 6.07) is 0. The smallest absolute Gasteiger partial charge is 0.0768 e. The van der Waals surface area contributed by atoms with Crippen LogP contribution in [-0.4, -0.2) is 42.2 Å². The molecule has 0 amide bonds. The lowest BCUT2D eigenvalue weighted by Crippen LogP contribution is -2.32. The van der Waals surface area contributed by atoms with E-state index in [0.717, 1.165) is 0 Å². The molecular weight excluding hydrogens is 150 g/mol. The number of hydrogen-bond donors (Lipinski definition) is 0. The Kier molecular flexibility index (Phi) is 5.56. The van der Waals surface area contributed by atoms with Gasteiger partial charge >= 0.3 is 0 Å². The third kappa shape index (κ3) is 3.41. The summed E-state index contributed by atoms with van der Waals surface area (Å²) in [7, 11) is 2.59. The summed E-state index contributed by atoms with van der Waals surface area (Å²) in [5, 5.41) is 0. The molecule has 0 aromatic rings. The summed E-state index contributed by atoms with van der Waals surface area (Å²) in [5.74, 6) is 0. The molecule has 44 valence electrons. The van der Waals surface area contributed by atoms with Crippen LogP contribution in [0.2, 0.25) is 13.1 Å². The molecule has 0 unspecified atom stereocenters. The predicted molar refractivity (Wildman–Crippen MR) is 49.1 cm³/mol. The zero-order valence-corrected chi connectivity index (χ0v) is 11.8. The van der Waals surface area contributed by atoms with Gasteiger partial charge in [-0.2, -0.15) is 0 Å². The fourth-order valence-corrected chi connectivity index (χ4v) is 14.1. The van der Waals surface area contributed by atoms with Gasteiger partial charge in [-0.15, -0.1) is 0 Å². The van der Waals surface area contributed by atoms with E-state index in [2.05, 4.69) is 17.0 Å². The first-order valence-electron chi connectivity index (χ1n) is 3.07. The van der Waals surface area contributed by atoms with Crippen LogP contribution in [-0.2, 0) is 0 Å². The minimum absolute atomic E-state index is 0.319. The average molecular weight is 165 g/mol. The quantitative estimate of drug-likeness (QED) is 0.401. The molecule has 0 aromatic carbocycles. The Morgan fingerprint density at radius 1 is 1.29 bits per heavy atom. The van der Waals surface area contributed by atoms with Gasteiger partial charge in [-0.3, -0.25) is 0 Å². The van der Waals surface area contributed by atoms with Crippen molar-refractivity contribution < 1.29 is 0 Å². The molecule has 0 aliphatic heterocycles. The number of rotatable bonds is 3. The first kappa shape index (κ1) is 7.83. The van der Waals surface area contributed by atoms with Gasteiger partial charge in [0.15, 0.2) is 0 Å². The topological polar surface area (TPSA) is 3.24 Å². The zero-order chi connectivity index (χ0) is 5.70. The van der Waals surface area contributed by atoms with Gasteiger partial charge < -0.3 is 3.90 Å². The highest BCUT2D eigenvalue weighted by molar-refractivity contribution is 6.94. The van der Waals surface area contributed by atoms with Crippen molar-refractivity contribution in [1.82, 2.24) is 3.90 Å². The molecule has 0 N–H and O–H groups in total. The first-order chi connectivity index (χ1) is 3.35. The van der Waals surface area contributed by atoms with E-state index in [-0.39, 0.29) is 0 Å². The minimum atomic E-state index is 0.319. The lowest BCUT2D eigenvalue weighted by Gasteiger charge is -2.13. The van der Waals surface area contributed by atoms with Crippen LogP contribution in [0.25, 0.3) is 0 Å². The van der Waals surface area contributed by atoms with Crippen LogP contribution < -0.4 is 0 Å². The molecule has 1 nitrogen and oxygen atoms in total. The van der Waals surface area contributed by atoms with E-state index in [1.54, 1.807) is 0 Å². The molecule has 0 radical (unpaired) electrons. The molecule has 0 aliphatic carbocycles. The van der Waals surface area contributed by atoms with Crippen molar-refractivity contribution in [3.05, 3.63) is 0 Å². The highest BCUT2D eigenvalue weighted by Gasteiger charge is 1.90. The summed E-state index contributed by atoms with van der Waals surface area (Å²) in [5.41, 5.74) is 0. The largest absolute Gasteiger partial charge is 0.386 e. The Morgan fingerprint density at radius 2 is 1.71 bits per heavy atom. The monoisotopic (exact) mass is 165 g/mol. The second-order valence-corrected chi connectivity index (χ2v) is 10.8. The fourth-order valence-electron chi connectivity index (χ4n) is 0.671. The molecule has 0 fully saturated rings. The van der Waals surface area contributed by atoms with Gasteiger partial charge in [0.25, 0.3) is 0 Å². The van der Waals surface area contributed by atoms with E-state index in [4.69, 9.17) is 0 Å². The fraction of sp³-hybridized carbons (Fsp3) is 1.00. The summed E-state index contributed by atoms with van der Waals surface area (Å²) in [6.07, 6.45) is 0. The molecule has 0 saturated heterocycles. The van der Waals surface area contributed by atoms with E-state index in [1.165, 1.54) is 9.76 Å². The SMILES string of the molecule is C[SiH2]N([SiH2]C)[SiH2][SiH3]. The second kappa shape index (κ2) is 4.97. The summed E-state index contributed by atoms with van der Waals surface area (Å²) in [4.78, 5) is 0. The maximum absolute atomic E-state index is 2.85. The molecule has 0 spiro atoms. The van der Waals surface area contributed by atoms with Crippen molar-refractivity contribution in [1.29, 1.82) is 0 Å². The summed E-state index contributed by atoms with van der Waals surface area (Å²) in [6.45, 7) is 4.84. The molecule has 0 bridgehead atoms. The van der Waals surface area contributed by atoms with Crippen molar-refractivity contribution in [3.8, 4) is 0 Å². The van der Waals surface area contributed by atoms with Crippen LogP contribution in [0, 0.1) is 0 Å². The summed E-state index contributed by atoms with van der Waals surface area (Å²) < 4.78 is 2.85. The van der Waals surface area contributed by atoms with Gasteiger partial charge in [-0.1, -0.05) is 13.1 Å². The standard InChI is InChI=1S/C2H15NSi4/c1-5-3(6-2)7-4/h5-7H2,1-2,4H3. The van der Waals surface area contributed by atoms with Gasteiger partial charge in [-0.25, -0.2) is 0 Å². The lowest BCUT2D eigenvalue weighted by atomic mass is 11.9. The normalized spacial score (nSPS) is 15.9. The molecule has 5 heteroatoms. The maximum atomic E-state index is 2.85. The molecular formula is C2H15NSi4.